The molecule has 1 heterocycles. The Kier molecular flexibility index (Phi) is 3.98. The van der Waals surface area contributed by atoms with Crippen molar-refractivity contribution in [1.82, 2.24) is 5.32 Å². The highest BCUT2D eigenvalue weighted by atomic mass is 16.4. The van der Waals surface area contributed by atoms with Gasteiger partial charge < -0.3 is 14.8 Å². The van der Waals surface area contributed by atoms with Gasteiger partial charge in [-0.2, -0.15) is 0 Å². The van der Waals surface area contributed by atoms with Gasteiger partial charge in [-0.05, 0) is 37.8 Å². The molecule has 1 aliphatic carbocycles. The van der Waals surface area contributed by atoms with Crippen LogP contribution in [0.3, 0.4) is 0 Å². The average Bonchev–Trinajstić information content (AvgIpc) is 2.79. The van der Waals surface area contributed by atoms with Crippen LogP contribution in [0, 0.1) is 5.92 Å². The topological polar surface area (TPSA) is 62.5 Å². The largest absolute Gasteiger partial charge is 0.478 e. The van der Waals surface area contributed by atoms with Crippen LogP contribution in [0.4, 0.5) is 0 Å². The van der Waals surface area contributed by atoms with E-state index < -0.39 is 5.97 Å². The molecule has 4 nitrogen and oxygen atoms in total. The summed E-state index contributed by atoms with van der Waals surface area (Å²) in [5.74, 6) is 0.225. The maximum Gasteiger partial charge on any atom is 0.339 e. The number of carboxylic acid groups (broad SMARTS) is 1. The zero-order valence-electron chi connectivity index (χ0n) is 9.69. The fourth-order valence-electron chi connectivity index (χ4n) is 2.10. The van der Waals surface area contributed by atoms with Gasteiger partial charge in [0.15, 0.2) is 0 Å². The van der Waals surface area contributed by atoms with Crippen molar-refractivity contribution in [2.75, 3.05) is 6.54 Å². The van der Waals surface area contributed by atoms with E-state index in [1.165, 1.54) is 18.8 Å². The summed E-state index contributed by atoms with van der Waals surface area (Å²) in [6, 6.07) is 1.49. The molecule has 92 valence electrons. The average molecular weight is 235 g/mol. The van der Waals surface area contributed by atoms with Gasteiger partial charge in [0.05, 0.1) is 12.8 Å². The Bertz CT molecular complexity index is 409. The van der Waals surface area contributed by atoms with Crippen molar-refractivity contribution in [2.24, 2.45) is 5.92 Å². The van der Waals surface area contributed by atoms with E-state index in [9.17, 15) is 4.79 Å². The first kappa shape index (κ1) is 11.9. The highest BCUT2D eigenvalue weighted by Crippen LogP contribution is 2.17. The van der Waals surface area contributed by atoms with Crippen LogP contribution in [0.1, 0.15) is 35.4 Å². The predicted octanol–water partition coefficient (Wildman–Crippen LogP) is 2.42. The molecular formula is C13H17NO3. The Labute approximate surface area is 100 Å². The first-order valence-corrected chi connectivity index (χ1v) is 5.92. The normalized spacial score (nSPS) is 19.4. The van der Waals surface area contributed by atoms with Gasteiger partial charge >= 0.3 is 5.97 Å². The Morgan fingerprint density at radius 1 is 1.53 bits per heavy atom. The Morgan fingerprint density at radius 3 is 3.12 bits per heavy atom. The van der Waals surface area contributed by atoms with Crippen LogP contribution in [-0.2, 0) is 6.54 Å². The maximum absolute atomic E-state index is 10.9. The molecule has 17 heavy (non-hydrogen) atoms. The molecule has 1 aliphatic rings. The molecule has 0 saturated carbocycles. The number of furan rings is 1. The molecular weight excluding hydrogens is 218 g/mol. The molecule has 0 amide bonds. The molecule has 0 aromatic carbocycles. The lowest BCUT2D eigenvalue weighted by molar-refractivity contribution is 0.0694. The lowest BCUT2D eigenvalue weighted by atomic mass is 9.94. The third kappa shape index (κ3) is 3.20. The quantitative estimate of drug-likeness (QED) is 0.769. The minimum atomic E-state index is -0.934. The molecule has 1 aromatic heterocycles. The lowest BCUT2D eigenvalue weighted by Gasteiger charge is -2.17. The van der Waals surface area contributed by atoms with Crippen LogP contribution >= 0.6 is 0 Å². The number of carbonyl (C=O) groups is 1. The second-order valence-corrected chi connectivity index (χ2v) is 4.34. The van der Waals surface area contributed by atoms with Crippen LogP contribution in [-0.4, -0.2) is 17.6 Å². The number of aromatic carboxylic acids is 1. The zero-order valence-corrected chi connectivity index (χ0v) is 9.69. The van der Waals surface area contributed by atoms with Gasteiger partial charge in [0, 0.05) is 0 Å². The van der Waals surface area contributed by atoms with Gasteiger partial charge in [0.25, 0.3) is 0 Å². The minimum absolute atomic E-state index is 0.251. The predicted molar refractivity (Wildman–Crippen MR) is 63.9 cm³/mol. The number of hydrogen-bond donors (Lipinski definition) is 2. The summed E-state index contributed by atoms with van der Waals surface area (Å²) in [6.07, 6.45) is 9.30. The maximum atomic E-state index is 10.9. The molecule has 1 atom stereocenters. The van der Waals surface area contributed by atoms with E-state index in [0.717, 1.165) is 19.4 Å². The smallest absolute Gasteiger partial charge is 0.339 e. The van der Waals surface area contributed by atoms with Gasteiger partial charge in [-0.25, -0.2) is 4.79 Å². The van der Waals surface area contributed by atoms with Crippen molar-refractivity contribution in [3.8, 4) is 0 Å². The summed E-state index contributed by atoms with van der Waals surface area (Å²) in [5, 5.41) is 12.2. The summed E-state index contributed by atoms with van der Waals surface area (Å²) in [5.41, 5.74) is 0.251. The van der Waals surface area contributed by atoms with Crippen LogP contribution in [0.2, 0.25) is 0 Å². The third-order valence-corrected chi connectivity index (χ3v) is 3.07. The number of carboxylic acids is 1. The van der Waals surface area contributed by atoms with Crippen molar-refractivity contribution < 1.29 is 14.3 Å². The van der Waals surface area contributed by atoms with E-state index in [1.54, 1.807) is 0 Å². The van der Waals surface area contributed by atoms with E-state index in [1.807, 2.05) is 0 Å². The van der Waals surface area contributed by atoms with E-state index in [2.05, 4.69) is 17.5 Å². The van der Waals surface area contributed by atoms with Gasteiger partial charge in [0.1, 0.15) is 11.3 Å². The summed E-state index contributed by atoms with van der Waals surface area (Å²) < 4.78 is 5.16. The second kappa shape index (κ2) is 5.68. The standard InChI is InChI=1S/C13H17NO3/c15-13(16)11-6-7-17-12(11)9-14-8-10-4-2-1-3-5-10/h1-2,6-7,10,14H,3-5,8-9H2,(H,15,16). The van der Waals surface area contributed by atoms with Crippen LogP contribution in [0.5, 0.6) is 0 Å². The van der Waals surface area contributed by atoms with Crippen molar-refractivity contribution >= 4 is 5.97 Å². The summed E-state index contributed by atoms with van der Waals surface area (Å²) in [6.45, 7) is 1.39. The molecule has 2 rings (SSSR count). The zero-order chi connectivity index (χ0) is 12.1. The van der Waals surface area contributed by atoms with Crippen molar-refractivity contribution in [3.63, 3.8) is 0 Å². The highest BCUT2D eigenvalue weighted by Gasteiger charge is 2.14. The van der Waals surface area contributed by atoms with Gasteiger partial charge in [-0.15, -0.1) is 0 Å². The first-order chi connectivity index (χ1) is 8.27. The minimum Gasteiger partial charge on any atom is -0.478 e. The first-order valence-electron chi connectivity index (χ1n) is 5.92. The van der Waals surface area contributed by atoms with E-state index in [0.29, 0.717) is 18.2 Å². The van der Waals surface area contributed by atoms with E-state index in [4.69, 9.17) is 9.52 Å². The van der Waals surface area contributed by atoms with Crippen LogP contribution in [0.15, 0.2) is 28.9 Å². The summed E-state index contributed by atoms with van der Waals surface area (Å²) >= 11 is 0. The summed E-state index contributed by atoms with van der Waals surface area (Å²) in [7, 11) is 0. The van der Waals surface area contributed by atoms with Crippen molar-refractivity contribution in [1.29, 1.82) is 0 Å². The molecule has 1 unspecified atom stereocenters. The van der Waals surface area contributed by atoms with Gasteiger partial charge in [-0.1, -0.05) is 12.2 Å². The molecule has 2 N–H and O–H groups in total. The highest BCUT2D eigenvalue weighted by molar-refractivity contribution is 5.88. The Balaban J connectivity index is 1.79. The van der Waals surface area contributed by atoms with Crippen LogP contribution < -0.4 is 5.32 Å². The SMILES string of the molecule is O=C(O)c1ccoc1CNCC1CC=CCC1. The van der Waals surface area contributed by atoms with E-state index >= 15 is 0 Å². The van der Waals surface area contributed by atoms with E-state index in [-0.39, 0.29) is 5.56 Å². The Hall–Kier alpha value is -1.55. The number of nitrogens with one attached hydrogen (secondary N) is 1. The monoisotopic (exact) mass is 235 g/mol. The van der Waals surface area contributed by atoms with Gasteiger partial charge in [0.2, 0.25) is 0 Å². The Morgan fingerprint density at radius 2 is 2.41 bits per heavy atom. The van der Waals surface area contributed by atoms with Gasteiger partial charge in [-0.3, -0.25) is 0 Å². The molecule has 0 radical (unpaired) electrons. The fourth-order valence-corrected chi connectivity index (χ4v) is 2.10. The lowest BCUT2D eigenvalue weighted by Crippen LogP contribution is -2.23. The van der Waals surface area contributed by atoms with Crippen LogP contribution in [0.25, 0.3) is 0 Å². The second-order valence-electron chi connectivity index (χ2n) is 4.34. The van der Waals surface area contributed by atoms with Crippen molar-refractivity contribution in [2.45, 2.75) is 25.8 Å². The molecule has 4 heteroatoms. The molecule has 0 aliphatic heterocycles. The summed E-state index contributed by atoms with van der Waals surface area (Å²) in [4.78, 5) is 10.9. The molecule has 1 aromatic rings. The number of hydrogen-bond acceptors (Lipinski definition) is 3. The molecule has 0 saturated heterocycles. The number of rotatable bonds is 5. The number of allylic oxidation sites excluding steroid dienone is 2. The fraction of sp³-hybridized carbons (Fsp3) is 0.462. The molecule has 0 fully saturated rings. The third-order valence-electron chi connectivity index (χ3n) is 3.07. The van der Waals surface area contributed by atoms with Crippen molar-refractivity contribution in [3.05, 3.63) is 35.8 Å². The molecule has 0 bridgehead atoms. The molecule has 0 spiro atoms.